The third-order valence-electron chi connectivity index (χ3n) is 3.89. The first-order valence-electron chi connectivity index (χ1n) is 8.06. The van der Waals surface area contributed by atoms with Crippen LogP contribution in [-0.4, -0.2) is 30.7 Å². The Morgan fingerprint density at radius 3 is 2.56 bits per heavy atom. The third kappa shape index (κ3) is 4.40. The summed E-state index contributed by atoms with van der Waals surface area (Å²) in [6, 6.07) is 11.1. The smallest absolute Gasteiger partial charge is 0.325 e. The van der Waals surface area contributed by atoms with Crippen molar-refractivity contribution < 1.29 is 23.5 Å². The monoisotopic (exact) mass is 388 g/mol. The van der Waals surface area contributed by atoms with Gasteiger partial charge in [-0.25, -0.2) is 4.39 Å². The summed E-state index contributed by atoms with van der Waals surface area (Å²) in [6.45, 7) is -0.0640. The van der Waals surface area contributed by atoms with Gasteiger partial charge in [0.2, 0.25) is 0 Å². The Labute approximate surface area is 158 Å². The molecule has 0 radical (unpaired) electrons. The molecule has 0 saturated carbocycles. The fourth-order valence-corrected chi connectivity index (χ4v) is 3.61. The summed E-state index contributed by atoms with van der Waals surface area (Å²) in [5.41, 5.74) is 1.41. The lowest BCUT2D eigenvalue weighted by molar-refractivity contribution is -0.141. The van der Waals surface area contributed by atoms with E-state index >= 15 is 0 Å². The van der Waals surface area contributed by atoms with Crippen LogP contribution >= 0.6 is 11.3 Å². The number of carbonyl (C=O) groups is 2. The molecule has 0 bridgehead atoms. The van der Waals surface area contributed by atoms with E-state index in [-0.39, 0.29) is 18.8 Å². The van der Waals surface area contributed by atoms with E-state index in [2.05, 4.69) is 4.99 Å². The quantitative estimate of drug-likeness (QED) is 0.630. The highest BCUT2D eigenvalue weighted by atomic mass is 32.1. The SMILES string of the molecule is COC(=O)Cn1c(=NC(=O)Cc2ccc(F)cc2)sc2cc(OC)ccc21. The second-order valence-electron chi connectivity index (χ2n) is 5.69. The highest BCUT2D eigenvalue weighted by Gasteiger charge is 2.13. The summed E-state index contributed by atoms with van der Waals surface area (Å²) in [5, 5.41) is 0. The number of methoxy groups -OCH3 is 2. The number of nitrogens with zero attached hydrogens (tertiary/aromatic N) is 2. The number of hydrogen-bond acceptors (Lipinski definition) is 5. The van der Waals surface area contributed by atoms with Crippen LogP contribution in [0.2, 0.25) is 0 Å². The third-order valence-corrected chi connectivity index (χ3v) is 4.93. The van der Waals surface area contributed by atoms with E-state index in [1.54, 1.807) is 35.9 Å². The molecule has 1 heterocycles. The topological polar surface area (TPSA) is 69.9 Å². The van der Waals surface area contributed by atoms with Crippen LogP contribution in [-0.2, 0) is 27.3 Å². The van der Waals surface area contributed by atoms with Gasteiger partial charge in [0.15, 0.2) is 4.80 Å². The van der Waals surface area contributed by atoms with E-state index in [1.165, 1.54) is 30.6 Å². The maximum Gasteiger partial charge on any atom is 0.325 e. The fourth-order valence-electron chi connectivity index (χ4n) is 2.54. The Kier molecular flexibility index (Phi) is 5.66. The van der Waals surface area contributed by atoms with Crippen LogP contribution in [0.5, 0.6) is 5.75 Å². The molecule has 0 spiro atoms. The Bertz CT molecular complexity index is 1050. The van der Waals surface area contributed by atoms with Crippen molar-refractivity contribution in [3.8, 4) is 5.75 Å². The molecule has 3 rings (SSSR count). The highest BCUT2D eigenvalue weighted by Crippen LogP contribution is 2.23. The lowest BCUT2D eigenvalue weighted by atomic mass is 10.1. The molecule has 0 saturated heterocycles. The van der Waals surface area contributed by atoms with Gasteiger partial charge in [-0.1, -0.05) is 23.5 Å². The minimum Gasteiger partial charge on any atom is -0.497 e. The number of aromatic nitrogens is 1. The van der Waals surface area contributed by atoms with Crippen molar-refractivity contribution in [1.29, 1.82) is 0 Å². The number of benzene rings is 2. The van der Waals surface area contributed by atoms with Gasteiger partial charge in [0.05, 0.1) is 30.9 Å². The first-order valence-corrected chi connectivity index (χ1v) is 8.88. The Hall–Kier alpha value is -3.00. The predicted octanol–water partition coefficient (Wildman–Crippen LogP) is 2.69. The molecule has 0 fully saturated rings. The molecule has 0 aliphatic rings. The van der Waals surface area contributed by atoms with Crippen LogP contribution in [0.4, 0.5) is 4.39 Å². The molecule has 6 nitrogen and oxygen atoms in total. The average Bonchev–Trinajstić information content (AvgIpc) is 2.99. The molecule has 27 heavy (non-hydrogen) atoms. The van der Waals surface area contributed by atoms with Crippen molar-refractivity contribution in [3.63, 3.8) is 0 Å². The normalized spacial score (nSPS) is 11.6. The number of rotatable bonds is 5. The van der Waals surface area contributed by atoms with Gasteiger partial charge in [-0.05, 0) is 35.9 Å². The van der Waals surface area contributed by atoms with Gasteiger partial charge in [0, 0.05) is 0 Å². The molecule has 0 aliphatic carbocycles. The summed E-state index contributed by atoms with van der Waals surface area (Å²) in [5.74, 6) is -0.535. The number of esters is 1. The second kappa shape index (κ2) is 8.13. The molecule has 0 unspecified atom stereocenters. The van der Waals surface area contributed by atoms with Crippen LogP contribution < -0.4 is 9.54 Å². The molecule has 0 atom stereocenters. The summed E-state index contributed by atoms with van der Waals surface area (Å²) in [4.78, 5) is 28.7. The zero-order chi connectivity index (χ0) is 19.4. The van der Waals surface area contributed by atoms with E-state index in [0.717, 1.165) is 10.2 Å². The minimum absolute atomic E-state index is 0.0378. The van der Waals surface area contributed by atoms with Crippen molar-refractivity contribution in [3.05, 3.63) is 58.6 Å². The molecule has 0 N–H and O–H groups in total. The zero-order valence-corrected chi connectivity index (χ0v) is 15.6. The van der Waals surface area contributed by atoms with E-state index in [0.29, 0.717) is 16.1 Å². The van der Waals surface area contributed by atoms with Crippen molar-refractivity contribution in [2.75, 3.05) is 14.2 Å². The van der Waals surface area contributed by atoms with Gasteiger partial charge < -0.3 is 14.0 Å². The van der Waals surface area contributed by atoms with Gasteiger partial charge in [-0.2, -0.15) is 4.99 Å². The molecular weight excluding hydrogens is 371 g/mol. The van der Waals surface area contributed by atoms with Gasteiger partial charge in [0.25, 0.3) is 5.91 Å². The van der Waals surface area contributed by atoms with Crippen LogP contribution in [0.1, 0.15) is 5.56 Å². The molecule has 8 heteroatoms. The molecule has 1 amide bonds. The molecule has 140 valence electrons. The van der Waals surface area contributed by atoms with Gasteiger partial charge in [0.1, 0.15) is 18.1 Å². The van der Waals surface area contributed by atoms with Crippen LogP contribution in [0.25, 0.3) is 10.2 Å². The van der Waals surface area contributed by atoms with E-state index in [1.807, 2.05) is 6.07 Å². The highest BCUT2D eigenvalue weighted by molar-refractivity contribution is 7.16. The number of ether oxygens (including phenoxy) is 2. The molecule has 3 aromatic rings. The Morgan fingerprint density at radius 1 is 1.15 bits per heavy atom. The Morgan fingerprint density at radius 2 is 1.89 bits per heavy atom. The molecule has 1 aromatic heterocycles. The standard InChI is InChI=1S/C19H17FN2O4S/c1-25-14-7-8-15-16(10-14)27-19(22(15)11-18(24)26-2)21-17(23)9-12-3-5-13(20)6-4-12/h3-8,10H,9,11H2,1-2H3. The summed E-state index contributed by atoms with van der Waals surface area (Å²) >= 11 is 1.27. The molecule has 0 aliphatic heterocycles. The maximum atomic E-state index is 13.0. The van der Waals surface area contributed by atoms with Gasteiger partial charge in [-0.15, -0.1) is 0 Å². The van der Waals surface area contributed by atoms with Crippen molar-refractivity contribution in [2.45, 2.75) is 13.0 Å². The van der Waals surface area contributed by atoms with Crippen molar-refractivity contribution in [1.82, 2.24) is 4.57 Å². The minimum atomic E-state index is -0.446. The number of fused-ring (bicyclic) bond motifs is 1. The first-order chi connectivity index (χ1) is 13.0. The largest absolute Gasteiger partial charge is 0.497 e. The van der Waals surface area contributed by atoms with E-state index in [9.17, 15) is 14.0 Å². The van der Waals surface area contributed by atoms with Crippen LogP contribution in [0.3, 0.4) is 0 Å². The van der Waals surface area contributed by atoms with Gasteiger partial charge in [-0.3, -0.25) is 9.59 Å². The van der Waals surface area contributed by atoms with Crippen LogP contribution in [0, 0.1) is 5.82 Å². The molecule has 2 aromatic carbocycles. The maximum absolute atomic E-state index is 13.0. The number of carbonyl (C=O) groups excluding carboxylic acids is 2. The number of amides is 1. The number of thiazole rings is 1. The lowest BCUT2D eigenvalue weighted by Crippen LogP contribution is -2.22. The molecular formula is C19H17FN2O4S. The average molecular weight is 388 g/mol. The van der Waals surface area contributed by atoms with Crippen LogP contribution in [0.15, 0.2) is 47.5 Å². The second-order valence-corrected chi connectivity index (χ2v) is 6.70. The number of halogens is 1. The van der Waals surface area contributed by atoms with Gasteiger partial charge >= 0.3 is 5.97 Å². The first kappa shape index (κ1) is 18.8. The summed E-state index contributed by atoms with van der Waals surface area (Å²) in [6.07, 6.45) is 0.0378. The zero-order valence-electron chi connectivity index (χ0n) is 14.8. The Balaban J connectivity index is 2.00. The summed E-state index contributed by atoms with van der Waals surface area (Å²) in [7, 11) is 2.87. The van der Waals surface area contributed by atoms with E-state index < -0.39 is 11.9 Å². The van der Waals surface area contributed by atoms with Crippen molar-refractivity contribution >= 4 is 33.4 Å². The fraction of sp³-hybridized carbons (Fsp3) is 0.211. The number of hydrogen-bond donors (Lipinski definition) is 0. The van der Waals surface area contributed by atoms with Crippen molar-refractivity contribution in [2.24, 2.45) is 4.99 Å². The summed E-state index contributed by atoms with van der Waals surface area (Å²) < 4.78 is 25.4. The lowest BCUT2D eigenvalue weighted by Gasteiger charge is -2.04. The van der Waals surface area contributed by atoms with E-state index in [4.69, 9.17) is 9.47 Å². The predicted molar refractivity (Wildman–Crippen MR) is 99.1 cm³/mol.